The third-order valence-electron chi connectivity index (χ3n) is 2.77. The number of thiocarbonyl (C=S) groups is 1. The van der Waals surface area contributed by atoms with Gasteiger partial charge in [-0.1, -0.05) is 0 Å². The normalized spacial score (nSPS) is 9.74. The van der Waals surface area contributed by atoms with Gasteiger partial charge in [0.1, 0.15) is 6.61 Å². The number of carboxylic acid groups (broad SMARTS) is 1. The van der Waals surface area contributed by atoms with Crippen molar-refractivity contribution in [2.24, 2.45) is 4.99 Å². The number of esters is 1. The molecule has 0 aromatic carbocycles. The van der Waals surface area contributed by atoms with E-state index in [-0.39, 0.29) is 24.3 Å². The van der Waals surface area contributed by atoms with Gasteiger partial charge in [-0.2, -0.15) is 0 Å². The minimum absolute atomic E-state index is 0.0859. The van der Waals surface area contributed by atoms with Crippen molar-refractivity contribution in [1.82, 2.24) is 9.97 Å². The van der Waals surface area contributed by atoms with Crippen molar-refractivity contribution in [3.63, 3.8) is 0 Å². The molecule has 0 atom stereocenters. The molecular weight excluding hydrogens is 318 g/mol. The van der Waals surface area contributed by atoms with Gasteiger partial charge in [0.05, 0.1) is 34.2 Å². The fourth-order valence-corrected chi connectivity index (χ4v) is 1.81. The van der Waals surface area contributed by atoms with Crippen LogP contribution < -0.4 is 0 Å². The van der Waals surface area contributed by atoms with E-state index in [1.165, 1.54) is 36.7 Å². The second-order valence-corrected chi connectivity index (χ2v) is 4.46. The van der Waals surface area contributed by atoms with Crippen molar-refractivity contribution in [2.45, 2.75) is 0 Å². The van der Waals surface area contributed by atoms with Gasteiger partial charge in [-0.05, 0) is 36.5 Å². The van der Waals surface area contributed by atoms with Crippen molar-refractivity contribution in [2.75, 3.05) is 13.2 Å². The molecule has 0 aliphatic rings. The van der Waals surface area contributed by atoms with Gasteiger partial charge in [-0.15, -0.1) is 0 Å². The number of pyridine rings is 2. The zero-order valence-electron chi connectivity index (χ0n) is 11.8. The van der Waals surface area contributed by atoms with E-state index in [9.17, 15) is 9.59 Å². The highest BCUT2D eigenvalue weighted by atomic mass is 32.1. The second-order valence-electron chi connectivity index (χ2n) is 4.27. The van der Waals surface area contributed by atoms with Crippen LogP contribution in [0.15, 0.2) is 41.7 Å². The van der Waals surface area contributed by atoms with Gasteiger partial charge in [0.25, 0.3) is 0 Å². The summed E-state index contributed by atoms with van der Waals surface area (Å²) >= 11 is 4.41. The molecule has 8 heteroatoms. The summed E-state index contributed by atoms with van der Waals surface area (Å²) in [6.07, 6.45) is 2.80. The summed E-state index contributed by atoms with van der Waals surface area (Å²) in [7, 11) is 0. The first-order chi connectivity index (χ1) is 11.1. The number of carbonyl (C=O) groups is 2. The van der Waals surface area contributed by atoms with E-state index >= 15 is 0 Å². The SMILES string of the molecule is O=C(O)c1ccnc(-c2cc(C(=O)OCCN=C=S)ccn2)c1. The van der Waals surface area contributed by atoms with Crippen molar-refractivity contribution >= 4 is 29.3 Å². The molecule has 0 aliphatic heterocycles. The van der Waals surface area contributed by atoms with Gasteiger partial charge in [0, 0.05) is 12.4 Å². The molecule has 2 aromatic rings. The summed E-state index contributed by atoms with van der Waals surface area (Å²) in [5, 5.41) is 11.2. The van der Waals surface area contributed by atoms with Gasteiger partial charge >= 0.3 is 11.9 Å². The standard InChI is InChI=1S/C15H11N3O4S/c19-14(20)10-1-3-17-12(7-10)13-8-11(2-4-18-13)15(21)22-6-5-16-9-23/h1-4,7-8H,5-6H2,(H,19,20). The highest BCUT2D eigenvalue weighted by Crippen LogP contribution is 2.17. The Labute approximate surface area is 136 Å². The van der Waals surface area contributed by atoms with Crippen molar-refractivity contribution < 1.29 is 19.4 Å². The lowest BCUT2D eigenvalue weighted by atomic mass is 10.1. The molecule has 0 radical (unpaired) electrons. The van der Waals surface area contributed by atoms with Crippen LogP contribution in [0.1, 0.15) is 20.7 Å². The molecular formula is C15H11N3O4S. The van der Waals surface area contributed by atoms with E-state index in [0.29, 0.717) is 11.4 Å². The second kappa shape index (κ2) is 7.88. The number of aromatic nitrogens is 2. The molecule has 23 heavy (non-hydrogen) atoms. The Morgan fingerprint density at radius 2 is 1.78 bits per heavy atom. The number of hydrogen-bond acceptors (Lipinski definition) is 7. The lowest BCUT2D eigenvalue weighted by molar-refractivity contribution is 0.0517. The first-order valence-electron chi connectivity index (χ1n) is 6.48. The van der Waals surface area contributed by atoms with E-state index in [0.717, 1.165) is 0 Å². The molecule has 0 fully saturated rings. The maximum Gasteiger partial charge on any atom is 0.338 e. The third kappa shape index (κ3) is 4.50. The molecule has 2 aromatic heterocycles. The van der Waals surface area contributed by atoms with Crippen LogP contribution in [0, 0.1) is 0 Å². The van der Waals surface area contributed by atoms with Gasteiger partial charge in [-0.3, -0.25) is 9.97 Å². The fourth-order valence-electron chi connectivity index (χ4n) is 1.71. The molecule has 2 heterocycles. The lowest BCUT2D eigenvalue weighted by Crippen LogP contribution is -2.08. The Morgan fingerprint density at radius 3 is 2.39 bits per heavy atom. The molecule has 0 spiro atoms. The molecule has 1 N–H and O–H groups in total. The van der Waals surface area contributed by atoms with Crippen molar-refractivity contribution in [3.8, 4) is 11.4 Å². The Hall–Kier alpha value is -2.96. The van der Waals surface area contributed by atoms with Crippen LogP contribution >= 0.6 is 12.2 Å². The number of carbonyl (C=O) groups excluding carboxylic acids is 1. The number of hydrogen-bond donors (Lipinski definition) is 1. The third-order valence-corrected chi connectivity index (χ3v) is 2.89. The monoisotopic (exact) mass is 329 g/mol. The van der Waals surface area contributed by atoms with Gasteiger partial charge in [-0.25, -0.2) is 14.6 Å². The molecule has 0 aliphatic carbocycles. The first-order valence-corrected chi connectivity index (χ1v) is 6.89. The zero-order chi connectivity index (χ0) is 16.7. The fraction of sp³-hybridized carbons (Fsp3) is 0.133. The number of aromatic carboxylic acids is 1. The van der Waals surface area contributed by atoms with Crippen LogP contribution in [0.2, 0.25) is 0 Å². The highest BCUT2D eigenvalue weighted by molar-refractivity contribution is 7.78. The highest BCUT2D eigenvalue weighted by Gasteiger charge is 2.11. The van der Waals surface area contributed by atoms with Crippen LogP contribution in [0.25, 0.3) is 11.4 Å². The molecule has 0 amide bonds. The summed E-state index contributed by atoms with van der Waals surface area (Å²) in [4.78, 5) is 34.7. The average Bonchev–Trinajstić information content (AvgIpc) is 2.59. The Bertz CT molecular complexity index is 788. The van der Waals surface area contributed by atoms with Crippen molar-refractivity contribution in [1.29, 1.82) is 0 Å². The number of isothiocyanates is 1. The van der Waals surface area contributed by atoms with Gasteiger partial charge in [0.2, 0.25) is 0 Å². The molecule has 0 unspecified atom stereocenters. The predicted molar refractivity (Wildman–Crippen MR) is 84.6 cm³/mol. The number of aliphatic imine (C=N–C) groups is 1. The van der Waals surface area contributed by atoms with Crippen LogP contribution in [0.5, 0.6) is 0 Å². The van der Waals surface area contributed by atoms with E-state index in [2.05, 4.69) is 32.3 Å². The summed E-state index contributed by atoms with van der Waals surface area (Å²) in [6.45, 7) is 0.336. The lowest BCUT2D eigenvalue weighted by Gasteiger charge is -2.05. The van der Waals surface area contributed by atoms with Crippen LogP contribution in [-0.4, -0.2) is 45.3 Å². The van der Waals surface area contributed by atoms with Crippen LogP contribution in [-0.2, 0) is 4.74 Å². The summed E-state index contributed by atoms with van der Waals surface area (Å²) in [6, 6.07) is 5.74. The quantitative estimate of drug-likeness (QED) is 0.375. The van der Waals surface area contributed by atoms with E-state index in [1.54, 1.807) is 0 Å². The van der Waals surface area contributed by atoms with E-state index in [1.807, 2.05) is 0 Å². The number of carboxylic acids is 1. The number of rotatable bonds is 6. The molecule has 2 rings (SSSR count). The van der Waals surface area contributed by atoms with Crippen LogP contribution in [0.3, 0.4) is 0 Å². The Balaban J connectivity index is 2.19. The Morgan fingerprint density at radius 1 is 1.17 bits per heavy atom. The van der Waals surface area contributed by atoms with Gasteiger partial charge < -0.3 is 9.84 Å². The van der Waals surface area contributed by atoms with Gasteiger partial charge in [0.15, 0.2) is 0 Å². The number of ether oxygens (including phenoxy) is 1. The summed E-state index contributed by atoms with van der Waals surface area (Å²) < 4.78 is 5.02. The molecule has 116 valence electrons. The predicted octanol–water partition coefficient (Wildman–Crippen LogP) is 2.10. The molecule has 0 saturated heterocycles. The maximum atomic E-state index is 11.9. The number of nitrogens with zero attached hydrogens (tertiary/aromatic N) is 3. The summed E-state index contributed by atoms with van der Waals surface area (Å²) in [5.74, 6) is -1.61. The Kier molecular flexibility index (Phi) is 5.62. The largest absolute Gasteiger partial charge is 0.478 e. The zero-order valence-corrected chi connectivity index (χ0v) is 12.6. The van der Waals surface area contributed by atoms with Crippen LogP contribution in [0.4, 0.5) is 0 Å². The topological polar surface area (TPSA) is 102 Å². The smallest absolute Gasteiger partial charge is 0.338 e. The summed E-state index contributed by atoms with van der Waals surface area (Å²) in [5.41, 5.74) is 1.09. The molecule has 0 saturated carbocycles. The van der Waals surface area contributed by atoms with E-state index < -0.39 is 11.9 Å². The molecule has 7 nitrogen and oxygen atoms in total. The minimum atomic E-state index is -1.07. The average molecular weight is 329 g/mol. The van der Waals surface area contributed by atoms with Crippen molar-refractivity contribution in [3.05, 3.63) is 47.8 Å². The van der Waals surface area contributed by atoms with E-state index in [4.69, 9.17) is 9.84 Å². The first kappa shape index (κ1) is 16.4. The maximum absolute atomic E-state index is 11.9. The molecule has 0 bridgehead atoms. The minimum Gasteiger partial charge on any atom is -0.478 e.